The number of nitrogens with zero attached hydrogens (tertiary/aromatic N) is 1. The number of amides is 2. The zero-order chi connectivity index (χ0) is 18.4. The van der Waals surface area contributed by atoms with Gasteiger partial charge in [0.05, 0.1) is 12.1 Å². The first-order valence-electron chi connectivity index (χ1n) is 7.68. The van der Waals surface area contributed by atoms with Gasteiger partial charge in [-0.05, 0) is 48.2 Å². The van der Waals surface area contributed by atoms with Crippen LogP contribution in [0.2, 0.25) is 0 Å². The van der Waals surface area contributed by atoms with E-state index in [1.54, 1.807) is 30.5 Å². The summed E-state index contributed by atoms with van der Waals surface area (Å²) in [7, 11) is 1.68. The second-order valence-corrected chi connectivity index (χ2v) is 6.61. The monoisotopic (exact) mass is 360 g/mol. The van der Waals surface area contributed by atoms with Crippen LogP contribution in [0.5, 0.6) is 0 Å². The SMILES string of the molecule is CC(=O)Nc1ccc(C(=O)OCC(=O)N(C)Cc2sccc2C)cc1. The van der Waals surface area contributed by atoms with Crippen molar-refractivity contribution in [2.75, 3.05) is 19.0 Å². The molecule has 0 aliphatic heterocycles. The Morgan fingerprint density at radius 1 is 1.16 bits per heavy atom. The van der Waals surface area contributed by atoms with Crippen molar-refractivity contribution < 1.29 is 19.1 Å². The molecule has 132 valence electrons. The van der Waals surface area contributed by atoms with E-state index in [1.165, 1.54) is 24.0 Å². The summed E-state index contributed by atoms with van der Waals surface area (Å²) in [6.45, 7) is 3.58. The van der Waals surface area contributed by atoms with Crippen LogP contribution in [0.4, 0.5) is 5.69 Å². The fraction of sp³-hybridized carbons (Fsp3) is 0.278. The van der Waals surface area contributed by atoms with E-state index in [2.05, 4.69) is 5.32 Å². The molecular formula is C18H20N2O4S. The van der Waals surface area contributed by atoms with E-state index in [4.69, 9.17) is 4.74 Å². The Bertz CT molecular complexity index is 768. The first-order valence-corrected chi connectivity index (χ1v) is 8.56. The lowest BCUT2D eigenvalue weighted by Crippen LogP contribution is -2.30. The minimum absolute atomic E-state index is 0.190. The van der Waals surface area contributed by atoms with E-state index in [0.29, 0.717) is 17.8 Å². The quantitative estimate of drug-likeness (QED) is 0.804. The predicted molar refractivity (Wildman–Crippen MR) is 96.6 cm³/mol. The molecule has 0 aliphatic rings. The Kier molecular flexibility index (Phi) is 6.30. The summed E-state index contributed by atoms with van der Waals surface area (Å²) in [5.74, 6) is -1.04. The van der Waals surface area contributed by atoms with Crippen molar-refractivity contribution in [3.05, 3.63) is 51.7 Å². The van der Waals surface area contributed by atoms with Gasteiger partial charge in [-0.1, -0.05) is 0 Å². The number of hydrogen-bond donors (Lipinski definition) is 1. The lowest BCUT2D eigenvalue weighted by Gasteiger charge is -2.16. The standard InChI is InChI=1S/C18H20N2O4S/c1-12-8-9-25-16(12)10-20(3)17(22)11-24-18(23)14-4-6-15(7-5-14)19-13(2)21/h4-9H,10-11H2,1-3H3,(H,19,21). The average Bonchev–Trinajstić information content (AvgIpc) is 2.97. The molecular weight excluding hydrogens is 340 g/mol. The van der Waals surface area contributed by atoms with E-state index in [-0.39, 0.29) is 18.4 Å². The number of likely N-dealkylation sites (N-methyl/N-ethyl adjacent to an activating group) is 1. The van der Waals surface area contributed by atoms with Crippen molar-refractivity contribution in [2.24, 2.45) is 0 Å². The Labute approximate surface area is 150 Å². The van der Waals surface area contributed by atoms with Crippen LogP contribution in [0.3, 0.4) is 0 Å². The number of rotatable bonds is 6. The summed E-state index contributed by atoms with van der Waals surface area (Å²) in [6, 6.07) is 8.29. The summed E-state index contributed by atoms with van der Waals surface area (Å²) >= 11 is 1.59. The number of anilines is 1. The van der Waals surface area contributed by atoms with Crippen LogP contribution < -0.4 is 5.32 Å². The van der Waals surface area contributed by atoms with Crippen molar-refractivity contribution >= 4 is 34.8 Å². The highest BCUT2D eigenvalue weighted by atomic mass is 32.1. The van der Waals surface area contributed by atoms with Gasteiger partial charge >= 0.3 is 5.97 Å². The molecule has 0 saturated heterocycles. The maximum Gasteiger partial charge on any atom is 0.338 e. The van der Waals surface area contributed by atoms with E-state index >= 15 is 0 Å². The van der Waals surface area contributed by atoms with Crippen molar-refractivity contribution in [1.29, 1.82) is 0 Å². The van der Waals surface area contributed by atoms with Crippen LogP contribution in [0.25, 0.3) is 0 Å². The zero-order valence-corrected chi connectivity index (χ0v) is 15.2. The molecule has 1 aromatic carbocycles. The minimum Gasteiger partial charge on any atom is -0.452 e. The molecule has 2 aromatic rings. The van der Waals surface area contributed by atoms with E-state index < -0.39 is 5.97 Å². The number of nitrogens with one attached hydrogen (secondary N) is 1. The van der Waals surface area contributed by atoms with Gasteiger partial charge in [-0.2, -0.15) is 0 Å². The smallest absolute Gasteiger partial charge is 0.338 e. The third kappa shape index (κ3) is 5.42. The fourth-order valence-electron chi connectivity index (χ4n) is 2.08. The van der Waals surface area contributed by atoms with Crippen molar-refractivity contribution in [2.45, 2.75) is 20.4 Å². The van der Waals surface area contributed by atoms with Crippen LogP contribution in [0.1, 0.15) is 27.7 Å². The number of thiophene rings is 1. The molecule has 2 rings (SSSR count). The number of carbonyl (C=O) groups excluding carboxylic acids is 3. The summed E-state index contributed by atoms with van der Waals surface area (Å²) in [5.41, 5.74) is 2.05. The van der Waals surface area contributed by atoms with Gasteiger partial charge in [0.15, 0.2) is 6.61 Å². The molecule has 0 atom stereocenters. The molecule has 1 heterocycles. The maximum atomic E-state index is 12.1. The molecule has 7 heteroatoms. The van der Waals surface area contributed by atoms with Gasteiger partial charge < -0.3 is 15.0 Å². The maximum absolute atomic E-state index is 12.1. The molecule has 0 radical (unpaired) electrons. The van der Waals surface area contributed by atoms with Crippen molar-refractivity contribution in [3.8, 4) is 0 Å². The van der Waals surface area contributed by atoms with Gasteiger partial charge in [-0.25, -0.2) is 4.79 Å². The van der Waals surface area contributed by atoms with Crippen LogP contribution in [-0.2, 0) is 20.9 Å². The van der Waals surface area contributed by atoms with Gasteiger partial charge in [-0.15, -0.1) is 11.3 Å². The van der Waals surface area contributed by atoms with E-state index in [0.717, 1.165) is 10.4 Å². The van der Waals surface area contributed by atoms with E-state index in [9.17, 15) is 14.4 Å². The first kappa shape index (κ1) is 18.7. The number of esters is 1. The molecule has 0 spiro atoms. The normalized spacial score (nSPS) is 10.2. The molecule has 1 N–H and O–H groups in total. The average molecular weight is 360 g/mol. The van der Waals surface area contributed by atoms with Gasteiger partial charge in [0.2, 0.25) is 5.91 Å². The van der Waals surface area contributed by atoms with Crippen LogP contribution >= 0.6 is 11.3 Å². The third-order valence-corrected chi connectivity index (χ3v) is 4.55. The zero-order valence-electron chi connectivity index (χ0n) is 14.4. The Morgan fingerprint density at radius 2 is 1.84 bits per heavy atom. The van der Waals surface area contributed by atoms with Crippen LogP contribution in [0.15, 0.2) is 35.7 Å². The topological polar surface area (TPSA) is 75.7 Å². The molecule has 0 bridgehead atoms. The lowest BCUT2D eigenvalue weighted by atomic mass is 10.2. The van der Waals surface area contributed by atoms with Gasteiger partial charge in [-0.3, -0.25) is 9.59 Å². The number of carbonyl (C=O) groups is 3. The lowest BCUT2D eigenvalue weighted by molar-refractivity contribution is -0.133. The second kappa shape index (κ2) is 8.43. The largest absolute Gasteiger partial charge is 0.452 e. The van der Waals surface area contributed by atoms with Crippen LogP contribution in [0, 0.1) is 6.92 Å². The van der Waals surface area contributed by atoms with Crippen molar-refractivity contribution in [1.82, 2.24) is 4.90 Å². The highest BCUT2D eigenvalue weighted by Gasteiger charge is 2.15. The fourth-order valence-corrected chi connectivity index (χ4v) is 3.04. The summed E-state index contributed by atoms with van der Waals surface area (Å²) < 4.78 is 5.07. The molecule has 1 aromatic heterocycles. The minimum atomic E-state index is -0.580. The molecule has 0 unspecified atom stereocenters. The Balaban J connectivity index is 1.85. The van der Waals surface area contributed by atoms with Gasteiger partial charge in [0.1, 0.15) is 0 Å². The summed E-state index contributed by atoms with van der Waals surface area (Å²) in [6.07, 6.45) is 0. The van der Waals surface area contributed by atoms with Gasteiger partial charge in [0, 0.05) is 24.5 Å². The van der Waals surface area contributed by atoms with E-state index in [1.807, 2.05) is 18.4 Å². The number of ether oxygens (including phenoxy) is 1. The van der Waals surface area contributed by atoms with Crippen molar-refractivity contribution in [3.63, 3.8) is 0 Å². The summed E-state index contributed by atoms with van der Waals surface area (Å²) in [5, 5.41) is 4.59. The molecule has 6 nitrogen and oxygen atoms in total. The third-order valence-electron chi connectivity index (χ3n) is 3.54. The molecule has 0 saturated carbocycles. The van der Waals surface area contributed by atoms with Crippen LogP contribution in [-0.4, -0.2) is 36.3 Å². The number of benzene rings is 1. The highest BCUT2D eigenvalue weighted by molar-refractivity contribution is 7.10. The highest BCUT2D eigenvalue weighted by Crippen LogP contribution is 2.17. The predicted octanol–water partition coefficient (Wildman–Crippen LogP) is 2.83. The first-order chi connectivity index (χ1) is 11.9. The Hall–Kier alpha value is -2.67. The molecule has 0 fully saturated rings. The Morgan fingerprint density at radius 3 is 2.40 bits per heavy atom. The number of aryl methyl sites for hydroxylation is 1. The number of hydrogen-bond acceptors (Lipinski definition) is 5. The molecule has 0 aliphatic carbocycles. The molecule has 25 heavy (non-hydrogen) atoms. The van der Waals surface area contributed by atoms with Gasteiger partial charge in [0.25, 0.3) is 5.91 Å². The summed E-state index contributed by atoms with van der Waals surface area (Å²) in [4.78, 5) is 37.7. The molecule has 2 amide bonds. The second-order valence-electron chi connectivity index (χ2n) is 5.61.